The lowest BCUT2D eigenvalue weighted by atomic mass is 9.91. The summed E-state index contributed by atoms with van der Waals surface area (Å²) in [6.45, 7) is -1.56. The van der Waals surface area contributed by atoms with Gasteiger partial charge in [0.15, 0.2) is 0 Å². The van der Waals surface area contributed by atoms with Crippen molar-refractivity contribution in [2.24, 2.45) is 0 Å². The summed E-state index contributed by atoms with van der Waals surface area (Å²) in [7, 11) is -14.6. The Bertz CT molecular complexity index is 2290. The van der Waals surface area contributed by atoms with E-state index in [0.717, 1.165) is 6.92 Å². The highest BCUT2D eigenvalue weighted by Crippen LogP contribution is 2.66. The van der Waals surface area contributed by atoms with Crippen LogP contribution in [0.5, 0.6) is 0 Å². The molecule has 1 amide bonds. The van der Waals surface area contributed by atoms with Crippen molar-refractivity contribution in [3.8, 4) is 0 Å². The van der Waals surface area contributed by atoms with E-state index >= 15 is 0 Å². The van der Waals surface area contributed by atoms with Crippen molar-refractivity contribution in [3.63, 3.8) is 0 Å². The minimum atomic E-state index is -9.02. The quantitative estimate of drug-likeness (QED) is 0.0444. The van der Waals surface area contributed by atoms with E-state index in [9.17, 15) is 180 Å². The summed E-state index contributed by atoms with van der Waals surface area (Å²) in [6, 6.07) is -1.28. The molecule has 0 aromatic rings. The Morgan fingerprint density at radius 2 is 0.679 bits per heavy atom. The number of alkyl halides is 34. The molecule has 11 nitrogen and oxygen atoms in total. The van der Waals surface area contributed by atoms with E-state index < -0.39 is 156 Å². The largest absolute Gasteiger partial charge is 0.460 e. The molecule has 0 rings (SSSR count). The van der Waals surface area contributed by atoms with E-state index in [0.29, 0.717) is 6.92 Å². The third kappa shape index (κ3) is 12.9. The van der Waals surface area contributed by atoms with E-state index in [1.807, 2.05) is 0 Å². The molecule has 78 heavy (non-hydrogen) atoms. The molecule has 468 valence electrons. The fourth-order valence-electron chi connectivity index (χ4n) is 4.49. The van der Waals surface area contributed by atoms with Crippen molar-refractivity contribution in [2.45, 2.75) is 127 Å². The number of likely N-dealkylation sites (N-methyl/N-ethyl adjacent to an activating group) is 1. The maximum atomic E-state index is 14.6. The predicted molar refractivity (Wildman–Crippen MR) is 180 cm³/mol. The summed E-state index contributed by atoms with van der Waals surface area (Å²) < 4.78 is 510. The first kappa shape index (κ1) is 76.5. The first-order valence-electron chi connectivity index (χ1n) is 18.5. The Hall–Kier alpha value is -3.57. The molecule has 2 atom stereocenters. The molecule has 0 saturated heterocycles. The van der Waals surface area contributed by atoms with E-state index in [2.05, 4.69) is 5.32 Å². The SMILES string of the molecule is CNC(C)COCCOCC(C)NC(=O)CN(CC(C)=O)S(=O)(=O)C(F)(F)C(F)(F)C(F)(F)C(F)(F)C(F)(F)C(F)(F)C(F)(F)C(F)(F)F.O=S(=O)(F)C(F)(F)C(F)(F)C(F)(F)C(F)(F)C(F)(F)C(F)(F)C(F)(F)C(F)(F)F. The molecule has 0 aliphatic rings. The highest BCUT2D eigenvalue weighted by molar-refractivity contribution is 7.90. The summed E-state index contributed by atoms with van der Waals surface area (Å²) in [5.74, 6) is -108. The Labute approximate surface area is 409 Å². The summed E-state index contributed by atoms with van der Waals surface area (Å²) >= 11 is 0. The average Bonchev–Trinajstić information content (AvgIpc) is 3.22. The standard InChI is InChI=1S/C22H28F17N3O6S.C8F18O2S/c1-11(40-4)9-47-5-6-48-10-12(2)41-14(44)8-42(7-13(3)43)49(45,46)22(38,39)20(33,34)18(29,30)16(25,26)15(23,24)17(27,28)19(31,32)21(35,36)37;9-1(10,3(13,14)5(17,18)7(21,22)23)2(11,12)4(15,16)6(19,20)8(24,25)29(26,27)28/h11-12,40H,5-10H2,1-4H3,(H,41,44);. The number of ketones is 1. The Kier molecular flexibility index (Phi) is 22.6. The molecular formula is C30H28F35N3O8S2. The minimum Gasteiger partial charge on any atom is -0.377 e. The topological polar surface area (TPSA) is 148 Å². The fourth-order valence-corrected chi connectivity index (χ4v) is 6.34. The molecule has 0 fully saturated rings. The lowest BCUT2D eigenvalue weighted by molar-refractivity contribution is -0.458. The molecule has 0 aliphatic carbocycles. The van der Waals surface area contributed by atoms with Crippen LogP contribution in [-0.4, -0.2) is 185 Å². The van der Waals surface area contributed by atoms with E-state index in [1.165, 1.54) is 0 Å². The van der Waals surface area contributed by atoms with Crippen molar-refractivity contribution in [3.05, 3.63) is 0 Å². The number of halogens is 35. The summed E-state index contributed by atoms with van der Waals surface area (Å²) in [5, 5.41) is -11.3. The van der Waals surface area contributed by atoms with Gasteiger partial charge in [-0.3, -0.25) is 9.59 Å². The number of hydrogen-bond donors (Lipinski definition) is 2. The number of carbonyl (C=O) groups excluding carboxylic acids is 2. The molecule has 0 spiro atoms. The maximum absolute atomic E-state index is 14.6. The van der Waals surface area contributed by atoms with Crippen molar-refractivity contribution in [2.75, 3.05) is 46.6 Å². The van der Waals surface area contributed by atoms with Crippen molar-refractivity contribution in [1.29, 1.82) is 0 Å². The zero-order valence-electron chi connectivity index (χ0n) is 37.2. The van der Waals surface area contributed by atoms with Crippen LogP contribution < -0.4 is 10.6 Å². The van der Waals surface area contributed by atoms with E-state index in [-0.39, 0.29) is 25.9 Å². The normalized spacial score (nSPS) is 16.4. The second kappa shape index (κ2) is 23.0. The molecule has 0 aromatic heterocycles. The first-order valence-corrected chi connectivity index (χ1v) is 21.4. The van der Waals surface area contributed by atoms with Gasteiger partial charge < -0.3 is 20.1 Å². The summed E-state index contributed by atoms with van der Waals surface area (Å²) in [6.07, 6.45) is -15.9. The molecule has 48 heteroatoms. The maximum Gasteiger partial charge on any atom is 0.460 e. The molecule has 0 radical (unpaired) electrons. The van der Waals surface area contributed by atoms with Crippen LogP contribution in [0.3, 0.4) is 0 Å². The number of amides is 1. The van der Waals surface area contributed by atoms with Crippen LogP contribution in [-0.2, 0) is 39.3 Å². The molecule has 0 aliphatic heterocycles. The van der Waals surface area contributed by atoms with Gasteiger partial charge in [-0.05, 0) is 27.8 Å². The highest BCUT2D eigenvalue weighted by atomic mass is 32.3. The van der Waals surface area contributed by atoms with Gasteiger partial charge in [-0.25, -0.2) is 8.42 Å². The van der Waals surface area contributed by atoms with Gasteiger partial charge in [0.1, 0.15) is 5.78 Å². The molecule has 0 saturated carbocycles. The molecule has 0 bridgehead atoms. The number of Topliss-reactive ketones (excluding diaryl/α,β-unsaturated/α-hetero) is 1. The predicted octanol–water partition coefficient (Wildman–Crippen LogP) is 9.57. The monoisotopic (exact) mass is 1290 g/mol. The van der Waals surface area contributed by atoms with Crippen LogP contribution in [0.2, 0.25) is 0 Å². The highest BCUT2D eigenvalue weighted by Gasteiger charge is 2.98. The van der Waals surface area contributed by atoms with Gasteiger partial charge >= 0.3 is 104 Å². The number of nitrogens with one attached hydrogen (secondary N) is 2. The molecular weight excluding hydrogens is 1260 g/mol. The summed E-state index contributed by atoms with van der Waals surface area (Å²) in [4.78, 5) is 23.6. The van der Waals surface area contributed by atoms with Gasteiger partial charge in [0.25, 0.3) is 10.0 Å². The molecule has 2 unspecified atom stereocenters. The number of carbonyl (C=O) groups is 2. The van der Waals surface area contributed by atoms with Crippen molar-refractivity contribution >= 4 is 31.9 Å². The van der Waals surface area contributed by atoms with Crippen LogP contribution in [0, 0.1) is 0 Å². The smallest absolute Gasteiger partial charge is 0.377 e. The molecule has 0 heterocycles. The lowest BCUT2D eigenvalue weighted by Crippen LogP contribution is -2.75. The van der Waals surface area contributed by atoms with Gasteiger partial charge in [-0.2, -0.15) is 162 Å². The first-order chi connectivity index (χ1) is 33.6. The number of sulfonamides is 1. The number of rotatable bonds is 28. The number of nitrogens with zero attached hydrogens (tertiary/aromatic N) is 1. The second-order valence-corrected chi connectivity index (χ2v) is 18.5. The van der Waals surface area contributed by atoms with E-state index in [4.69, 9.17) is 9.47 Å². The van der Waals surface area contributed by atoms with Gasteiger partial charge in [0, 0.05) is 12.1 Å². The lowest BCUT2D eigenvalue weighted by Gasteiger charge is -2.43. The Morgan fingerprint density at radius 3 is 0.936 bits per heavy atom. The Morgan fingerprint density at radius 1 is 0.423 bits per heavy atom. The van der Waals surface area contributed by atoms with Crippen LogP contribution in [0.1, 0.15) is 20.8 Å². The minimum absolute atomic E-state index is 0.0153. The Balaban J connectivity index is 0. The molecule has 0 aromatic carbocycles. The number of ether oxygens (including phenoxy) is 2. The van der Waals surface area contributed by atoms with E-state index in [1.54, 1.807) is 19.3 Å². The van der Waals surface area contributed by atoms with Gasteiger partial charge in [-0.1, -0.05) is 3.89 Å². The third-order valence-corrected chi connectivity index (χ3v) is 11.8. The van der Waals surface area contributed by atoms with Gasteiger partial charge in [0.2, 0.25) is 5.91 Å². The number of hydrogen-bond acceptors (Lipinski definition) is 9. The van der Waals surface area contributed by atoms with Crippen molar-refractivity contribution < 1.29 is 189 Å². The van der Waals surface area contributed by atoms with Crippen LogP contribution in [0.15, 0.2) is 0 Å². The third-order valence-electron chi connectivity index (χ3n) is 9.08. The average molecular weight is 1290 g/mol. The molecule has 2 N–H and O–H groups in total. The summed E-state index contributed by atoms with van der Waals surface area (Å²) in [5.41, 5.74) is 0. The fraction of sp³-hybridized carbons (Fsp3) is 0.933. The zero-order chi connectivity index (χ0) is 64.0. The van der Waals surface area contributed by atoms with Crippen LogP contribution in [0.4, 0.5) is 153 Å². The van der Waals surface area contributed by atoms with Crippen molar-refractivity contribution in [1.82, 2.24) is 14.9 Å². The van der Waals surface area contributed by atoms with Crippen LogP contribution in [0.25, 0.3) is 0 Å². The second-order valence-electron chi connectivity index (χ2n) is 15.1. The zero-order valence-corrected chi connectivity index (χ0v) is 38.8. The van der Waals surface area contributed by atoms with Crippen LogP contribution >= 0.6 is 0 Å². The van der Waals surface area contributed by atoms with Gasteiger partial charge in [0.05, 0.1) is 39.5 Å². The van der Waals surface area contributed by atoms with Gasteiger partial charge in [-0.15, -0.1) is 0 Å².